The molecule has 0 radical (unpaired) electrons. The van der Waals surface area contributed by atoms with Crippen LogP contribution >= 0.6 is 0 Å². The quantitative estimate of drug-likeness (QED) is 0.713. The zero-order valence-corrected chi connectivity index (χ0v) is 18.8. The summed E-state index contributed by atoms with van der Waals surface area (Å²) in [5.41, 5.74) is 1.44. The third-order valence-electron chi connectivity index (χ3n) is 7.79. The number of nitrogens with zero attached hydrogens (tertiary/aromatic N) is 4. The second-order valence-corrected chi connectivity index (χ2v) is 9.74. The number of halogens is 1. The molecule has 1 N–H and O–H groups in total. The Morgan fingerprint density at radius 2 is 1.94 bits per heavy atom. The van der Waals surface area contributed by atoms with E-state index in [0.29, 0.717) is 38.2 Å². The van der Waals surface area contributed by atoms with Crippen LogP contribution in [0.5, 0.6) is 0 Å². The Morgan fingerprint density at radius 3 is 2.58 bits per heavy atom. The third kappa shape index (κ3) is 2.64. The maximum Gasteiger partial charge on any atom is 0.456 e. The van der Waals surface area contributed by atoms with Crippen molar-refractivity contribution < 1.29 is 28.2 Å². The summed E-state index contributed by atoms with van der Waals surface area (Å²) in [6.07, 6.45) is 6.58. The second-order valence-electron chi connectivity index (χ2n) is 9.74. The molecule has 4 aliphatic heterocycles. The molecule has 1 aromatic carbocycles. The molecule has 0 bridgehead atoms. The van der Waals surface area contributed by atoms with Crippen LogP contribution in [0.25, 0.3) is 5.70 Å². The van der Waals surface area contributed by atoms with Crippen LogP contribution < -0.4 is 0 Å². The van der Waals surface area contributed by atoms with Gasteiger partial charge in [-0.1, -0.05) is 16.1 Å². The molecule has 1 aromatic rings. The number of carbonyl (C=O) groups excluding carboxylic acids is 2. The minimum atomic E-state index is -1.25. The fraction of sp³-hybridized carbons (Fsp3) is 0.440. The van der Waals surface area contributed by atoms with Gasteiger partial charge in [0.1, 0.15) is 23.5 Å². The van der Waals surface area contributed by atoms with Crippen LogP contribution in [0.2, 0.25) is 0 Å². The number of hydrogen-bond donors (Lipinski definition) is 1. The highest BCUT2D eigenvalue weighted by molar-refractivity contribution is 6.59. The van der Waals surface area contributed by atoms with E-state index in [0.717, 1.165) is 35.5 Å². The second kappa shape index (κ2) is 6.70. The van der Waals surface area contributed by atoms with E-state index in [4.69, 9.17) is 0 Å². The van der Waals surface area contributed by atoms with Crippen molar-refractivity contribution in [1.29, 1.82) is 0 Å². The molecule has 6 rings (SSSR count). The van der Waals surface area contributed by atoms with E-state index >= 15 is 0 Å². The molecule has 0 aromatic heterocycles. The smallest absolute Gasteiger partial charge is 0.380 e. The highest BCUT2D eigenvalue weighted by Crippen LogP contribution is 2.42. The molecule has 33 heavy (non-hydrogen) atoms. The molecule has 1 unspecified atom stereocenters. The minimum Gasteiger partial charge on any atom is -0.380 e. The van der Waals surface area contributed by atoms with Gasteiger partial charge >= 0.3 is 17.4 Å². The lowest BCUT2D eigenvalue weighted by Crippen LogP contribution is -2.67. The summed E-state index contributed by atoms with van der Waals surface area (Å²) < 4.78 is 17.6. The van der Waals surface area contributed by atoms with Gasteiger partial charge < -0.3 is 10.0 Å². The summed E-state index contributed by atoms with van der Waals surface area (Å²) in [7, 11) is 0. The van der Waals surface area contributed by atoms with E-state index in [-0.39, 0.29) is 17.6 Å². The van der Waals surface area contributed by atoms with E-state index in [1.807, 2.05) is 22.6 Å². The molecule has 8 heteroatoms. The minimum absolute atomic E-state index is 0.0530. The SMILES string of the molecule is CCC1=C2[N+](=CC3=[N+]2C2(C)CN(C(=O)C4(O)CCC4)CCN2C3=O)C(c2ccc(F)cc2)=C1. The van der Waals surface area contributed by atoms with Crippen LogP contribution in [0.3, 0.4) is 0 Å². The maximum absolute atomic E-state index is 13.5. The number of benzene rings is 1. The average molecular weight is 451 g/mol. The number of amides is 2. The Hall–Kier alpha value is -3.13. The van der Waals surface area contributed by atoms with Crippen molar-refractivity contribution in [3.05, 3.63) is 53.1 Å². The highest BCUT2D eigenvalue weighted by atomic mass is 19.1. The van der Waals surface area contributed by atoms with Gasteiger partial charge in [-0.2, -0.15) is 0 Å². The van der Waals surface area contributed by atoms with Gasteiger partial charge in [0.15, 0.2) is 0 Å². The van der Waals surface area contributed by atoms with Gasteiger partial charge in [-0.3, -0.25) is 14.5 Å². The molecule has 4 heterocycles. The van der Waals surface area contributed by atoms with Crippen LogP contribution in [0.15, 0.2) is 41.7 Å². The van der Waals surface area contributed by atoms with Gasteiger partial charge in [-0.05, 0) is 49.9 Å². The van der Waals surface area contributed by atoms with Gasteiger partial charge in [-0.25, -0.2) is 4.39 Å². The lowest BCUT2D eigenvalue weighted by atomic mass is 9.79. The standard InChI is InChI=1S/C25H27FN4O3/c1-3-16-13-19(17-5-7-18(26)8-6-17)28-14-20-22(31)29-12-11-27(23(32)25(33)9-4-10-25)15-24(29,2)30(20)21(16)28/h5-8,13-14,33H,3-4,9-12,15H2,1-2H3/q+2. The molecule has 2 amide bonds. The van der Waals surface area contributed by atoms with Crippen LogP contribution in [0.1, 0.15) is 45.1 Å². The normalized spacial score (nSPS) is 27.3. The average Bonchev–Trinajstić information content (AvgIpc) is 3.40. The summed E-state index contributed by atoms with van der Waals surface area (Å²) in [4.78, 5) is 30.1. The van der Waals surface area contributed by atoms with Crippen LogP contribution in [0, 0.1) is 5.82 Å². The Labute approximate surface area is 191 Å². The lowest BCUT2D eigenvalue weighted by Gasteiger charge is -2.45. The van der Waals surface area contributed by atoms with E-state index in [2.05, 4.69) is 17.6 Å². The van der Waals surface area contributed by atoms with Crippen molar-refractivity contribution in [2.24, 2.45) is 0 Å². The van der Waals surface area contributed by atoms with Crippen LogP contribution in [-0.4, -0.2) is 78.7 Å². The Kier molecular flexibility index (Phi) is 4.15. The van der Waals surface area contributed by atoms with Crippen molar-refractivity contribution in [2.75, 3.05) is 19.6 Å². The van der Waals surface area contributed by atoms with E-state index in [1.54, 1.807) is 17.0 Å². The number of allylic oxidation sites excluding steroid dienone is 2. The molecule has 5 aliphatic rings. The first-order valence-corrected chi connectivity index (χ1v) is 11.6. The summed E-state index contributed by atoms with van der Waals surface area (Å²) in [6.45, 7) is 5.25. The predicted octanol–water partition coefficient (Wildman–Crippen LogP) is 1.67. The van der Waals surface area contributed by atoms with Gasteiger partial charge in [0.05, 0.1) is 0 Å². The fourth-order valence-electron chi connectivity index (χ4n) is 5.82. The monoisotopic (exact) mass is 450 g/mol. The number of aliphatic hydroxyl groups is 1. The van der Waals surface area contributed by atoms with Crippen molar-refractivity contribution >= 4 is 29.4 Å². The van der Waals surface area contributed by atoms with Crippen LogP contribution in [-0.2, 0) is 9.59 Å². The largest absolute Gasteiger partial charge is 0.456 e. The van der Waals surface area contributed by atoms with Gasteiger partial charge in [-0.15, -0.1) is 0 Å². The predicted molar refractivity (Wildman–Crippen MR) is 119 cm³/mol. The molecule has 0 spiro atoms. The molecule has 1 saturated carbocycles. The molecule has 1 saturated heterocycles. The van der Waals surface area contributed by atoms with E-state index in [9.17, 15) is 19.1 Å². The van der Waals surface area contributed by atoms with Crippen molar-refractivity contribution in [3.8, 4) is 0 Å². The summed E-state index contributed by atoms with van der Waals surface area (Å²) >= 11 is 0. The van der Waals surface area contributed by atoms with Crippen molar-refractivity contribution in [3.63, 3.8) is 0 Å². The number of hydrogen-bond acceptors (Lipinski definition) is 3. The third-order valence-corrected chi connectivity index (χ3v) is 7.79. The summed E-state index contributed by atoms with van der Waals surface area (Å²) in [6, 6.07) is 6.37. The molecule has 1 atom stereocenters. The lowest BCUT2D eigenvalue weighted by molar-refractivity contribution is -0.663. The number of fused-ring (bicyclic) bond motifs is 4. The molecular weight excluding hydrogens is 423 g/mol. The zero-order valence-electron chi connectivity index (χ0n) is 18.8. The van der Waals surface area contributed by atoms with Crippen molar-refractivity contribution in [1.82, 2.24) is 9.80 Å². The van der Waals surface area contributed by atoms with E-state index < -0.39 is 11.3 Å². The first-order chi connectivity index (χ1) is 15.8. The van der Waals surface area contributed by atoms with Gasteiger partial charge in [0.2, 0.25) is 5.70 Å². The van der Waals surface area contributed by atoms with Gasteiger partial charge in [0, 0.05) is 31.7 Å². The maximum atomic E-state index is 13.5. The highest BCUT2D eigenvalue weighted by Gasteiger charge is 2.67. The first kappa shape index (κ1) is 20.5. The number of carbonyl (C=O) groups is 2. The Morgan fingerprint density at radius 1 is 1.21 bits per heavy atom. The molecule has 1 aliphatic carbocycles. The number of rotatable bonds is 3. The van der Waals surface area contributed by atoms with Gasteiger partial charge in [0.25, 0.3) is 17.8 Å². The Bertz CT molecular complexity index is 1240. The van der Waals surface area contributed by atoms with Crippen molar-refractivity contribution in [2.45, 2.75) is 50.8 Å². The molecule has 170 valence electrons. The molecule has 2 fully saturated rings. The summed E-state index contributed by atoms with van der Waals surface area (Å²) in [5.74, 6) is 0.349. The van der Waals surface area contributed by atoms with E-state index in [1.165, 1.54) is 12.1 Å². The topological polar surface area (TPSA) is 66.9 Å². The first-order valence-electron chi connectivity index (χ1n) is 11.6. The number of piperazine rings is 1. The fourth-order valence-corrected chi connectivity index (χ4v) is 5.82. The van der Waals surface area contributed by atoms with Crippen LogP contribution in [0.4, 0.5) is 4.39 Å². The molecule has 7 nitrogen and oxygen atoms in total. The summed E-state index contributed by atoms with van der Waals surface area (Å²) in [5, 5.41) is 10.7. The Balaban J connectivity index is 1.38. The zero-order chi connectivity index (χ0) is 23.1. The molecular formula is C25H27FN4O3+2.